The zero-order valence-electron chi connectivity index (χ0n) is 12.1. The molecule has 0 aliphatic carbocycles. The second-order valence-corrected chi connectivity index (χ2v) is 4.75. The zero-order valence-corrected chi connectivity index (χ0v) is 12.1. The van der Waals surface area contributed by atoms with E-state index >= 15 is 0 Å². The maximum atomic E-state index is 13.0. The monoisotopic (exact) mass is 321 g/mol. The third kappa shape index (κ3) is 4.26. The van der Waals surface area contributed by atoms with Crippen LogP contribution in [0.25, 0.3) is 0 Å². The third-order valence-electron chi connectivity index (χ3n) is 2.98. The second-order valence-electron chi connectivity index (χ2n) is 4.75. The summed E-state index contributed by atoms with van der Waals surface area (Å²) in [6.07, 6.45) is 0. The Labute approximate surface area is 130 Å². The maximum Gasteiger partial charge on any atom is 0.338 e. The van der Waals surface area contributed by atoms with E-state index in [1.54, 1.807) is 6.92 Å². The fourth-order valence-corrected chi connectivity index (χ4v) is 1.72. The quantitative estimate of drug-likeness (QED) is 0.849. The van der Waals surface area contributed by atoms with Gasteiger partial charge in [-0.15, -0.1) is 0 Å². The number of carbonyl (C=O) groups is 2. The highest BCUT2D eigenvalue weighted by Gasteiger charge is 2.12. The average Bonchev–Trinajstić information content (AvgIpc) is 2.51. The van der Waals surface area contributed by atoms with E-state index in [-0.39, 0.29) is 17.0 Å². The number of aryl methyl sites for hydroxylation is 1. The number of amides is 1. The molecule has 2 rings (SSSR count). The van der Waals surface area contributed by atoms with Gasteiger partial charge in [-0.05, 0) is 36.8 Å². The van der Waals surface area contributed by atoms with Crippen molar-refractivity contribution in [1.82, 2.24) is 0 Å². The normalized spacial score (nSPS) is 10.2. The van der Waals surface area contributed by atoms with Gasteiger partial charge in [0.15, 0.2) is 18.2 Å². The van der Waals surface area contributed by atoms with Gasteiger partial charge in [0.25, 0.3) is 5.91 Å². The van der Waals surface area contributed by atoms with Crippen LogP contribution in [0.2, 0.25) is 0 Å². The molecule has 0 heterocycles. The molecule has 0 aromatic heterocycles. The van der Waals surface area contributed by atoms with Crippen molar-refractivity contribution in [3.63, 3.8) is 0 Å². The van der Waals surface area contributed by atoms with Gasteiger partial charge in [0, 0.05) is 11.8 Å². The summed E-state index contributed by atoms with van der Waals surface area (Å²) in [5.41, 5.74) is 0.726. The number of phenolic OH excluding ortho intramolecular Hbond substituents is 1. The van der Waals surface area contributed by atoms with Crippen molar-refractivity contribution in [2.45, 2.75) is 6.92 Å². The molecule has 120 valence electrons. The van der Waals surface area contributed by atoms with Gasteiger partial charge >= 0.3 is 5.97 Å². The number of nitrogens with one attached hydrogen (secondary N) is 1. The van der Waals surface area contributed by atoms with Crippen LogP contribution in [0.5, 0.6) is 5.75 Å². The van der Waals surface area contributed by atoms with Crippen LogP contribution in [0.4, 0.5) is 14.5 Å². The van der Waals surface area contributed by atoms with E-state index in [1.807, 2.05) is 0 Å². The Morgan fingerprint density at radius 1 is 1.13 bits per heavy atom. The highest BCUT2D eigenvalue weighted by molar-refractivity contribution is 5.95. The molecule has 7 heteroatoms. The largest absolute Gasteiger partial charge is 0.508 e. The summed E-state index contributed by atoms with van der Waals surface area (Å²) in [5.74, 6) is -3.70. The number of carbonyl (C=O) groups excluding carboxylic acids is 2. The second kappa shape index (κ2) is 6.87. The van der Waals surface area contributed by atoms with E-state index in [2.05, 4.69) is 5.32 Å². The van der Waals surface area contributed by atoms with Gasteiger partial charge in [-0.25, -0.2) is 13.6 Å². The van der Waals surface area contributed by atoms with Crippen LogP contribution in [0.1, 0.15) is 15.9 Å². The first-order chi connectivity index (χ1) is 10.9. The van der Waals surface area contributed by atoms with Crippen molar-refractivity contribution in [1.29, 1.82) is 0 Å². The molecule has 0 saturated heterocycles. The molecule has 0 atom stereocenters. The Hall–Kier alpha value is -2.96. The maximum absolute atomic E-state index is 13.0. The first-order valence-corrected chi connectivity index (χ1v) is 6.58. The molecule has 0 unspecified atom stereocenters. The summed E-state index contributed by atoms with van der Waals surface area (Å²) in [6, 6.07) is 7.07. The number of aromatic hydroxyl groups is 1. The number of hydrogen-bond acceptors (Lipinski definition) is 4. The lowest BCUT2D eigenvalue weighted by Crippen LogP contribution is -2.21. The molecular weight excluding hydrogens is 308 g/mol. The van der Waals surface area contributed by atoms with E-state index in [0.717, 1.165) is 12.1 Å². The molecule has 1 amide bonds. The molecule has 0 spiro atoms. The van der Waals surface area contributed by atoms with Crippen molar-refractivity contribution in [3.8, 4) is 5.75 Å². The third-order valence-corrected chi connectivity index (χ3v) is 2.98. The van der Waals surface area contributed by atoms with Gasteiger partial charge < -0.3 is 15.2 Å². The Morgan fingerprint density at radius 3 is 2.52 bits per heavy atom. The fourth-order valence-electron chi connectivity index (χ4n) is 1.72. The minimum absolute atomic E-state index is 0.0397. The molecule has 0 fully saturated rings. The topological polar surface area (TPSA) is 75.6 Å². The fraction of sp³-hybridized carbons (Fsp3) is 0.125. The molecule has 0 saturated carbocycles. The van der Waals surface area contributed by atoms with Gasteiger partial charge in [-0.1, -0.05) is 6.07 Å². The van der Waals surface area contributed by atoms with Gasteiger partial charge in [-0.2, -0.15) is 0 Å². The molecule has 0 aliphatic heterocycles. The van der Waals surface area contributed by atoms with E-state index in [9.17, 15) is 23.5 Å². The van der Waals surface area contributed by atoms with Crippen molar-refractivity contribution in [3.05, 3.63) is 59.2 Å². The molecule has 0 radical (unpaired) electrons. The van der Waals surface area contributed by atoms with Gasteiger partial charge in [0.2, 0.25) is 0 Å². The molecular formula is C16H13F2NO4. The lowest BCUT2D eigenvalue weighted by atomic mass is 10.1. The van der Waals surface area contributed by atoms with Gasteiger partial charge in [-0.3, -0.25) is 4.79 Å². The summed E-state index contributed by atoms with van der Waals surface area (Å²) < 4.78 is 30.5. The van der Waals surface area contributed by atoms with E-state index in [4.69, 9.17) is 4.74 Å². The lowest BCUT2D eigenvalue weighted by Gasteiger charge is -2.07. The number of esters is 1. The Kier molecular flexibility index (Phi) is 4.90. The van der Waals surface area contributed by atoms with Crippen LogP contribution in [0, 0.1) is 18.6 Å². The zero-order chi connectivity index (χ0) is 17.0. The van der Waals surface area contributed by atoms with E-state index < -0.39 is 30.1 Å². The van der Waals surface area contributed by atoms with Gasteiger partial charge in [0.1, 0.15) is 5.75 Å². The average molecular weight is 321 g/mol. The van der Waals surface area contributed by atoms with Crippen molar-refractivity contribution in [2.24, 2.45) is 0 Å². The molecule has 2 N–H and O–H groups in total. The summed E-state index contributed by atoms with van der Waals surface area (Å²) in [7, 11) is 0. The highest BCUT2D eigenvalue weighted by Crippen LogP contribution is 2.18. The van der Waals surface area contributed by atoms with Crippen molar-refractivity contribution < 1.29 is 28.2 Å². The summed E-state index contributed by atoms with van der Waals surface area (Å²) >= 11 is 0. The molecule has 0 aliphatic rings. The Bertz CT molecular complexity index is 762. The molecule has 23 heavy (non-hydrogen) atoms. The smallest absolute Gasteiger partial charge is 0.338 e. The van der Waals surface area contributed by atoms with Crippen molar-refractivity contribution >= 4 is 17.6 Å². The van der Waals surface area contributed by atoms with Crippen LogP contribution >= 0.6 is 0 Å². The minimum Gasteiger partial charge on any atom is -0.508 e. The van der Waals surface area contributed by atoms with E-state index in [0.29, 0.717) is 5.56 Å². The number of phenols is 1. The summed E-state index contributed by atoms with van der Waals surface area (Å²) in [5, 5.41) is 11.8. The van der Waals surface area contributed by atoms with Crippen LogP contribution < -0.4 is 5.32 Å². The van der Waals surface area contributed by atoms with Crippen LogP contribution in [-0.2, 0) is 9.53 Å². The number of ether oxygens (including phenoxy) is 1. The predicted molar refractivity (Wildman–Crippen MR) is 78.1 cm³/mol. The standard InChI is InChI=1S/C16H13F2NO4/c1-9-2-3-10(6-14(9)20)16(22)23-8-15(21)19-11-4-5-12(17)13(18)7-11/h2-7,20H,8H2,1H3,(H,19,21). The lowest BCUT2D eigenvalue weighted by molar-refractivity contribution is -0.119. The van der Waals surface area contributed by atoms with Gasteiger partial charge in [0.05, 0.1) is 5.56 Å². The number of rotatable bonds is 4. The van der Waals surface area contributed by atoms with Crippen LogP contribution in [0.3, 0.4) is 0 Å². The van der Waals surface area contributed by atoms with Crippen LogP contribution in [-0.4, -0.2) is 23.6 Å². The summed E-state index contributed by atoms with van der Waals surface area (Å²) in [4.78, 5) is 23.4. The summed E-state index contributed by atoms with van der Waals surface area (Å²) in [6.45, 7) is 1.06. The number of benzene rings is 2. The number of anilines is 1. The number of halogens is 2. The molecule has 5 nitrogen and oxygen atoms in total. The molecule has 2 aromatic rings. The first-order valence-electron chi connectivity index (χ1n) is 6.58. The Balaban J connectivity index is 1.91. The van der Waals surface area contributed by atoms with Crippen LogP contribution in [0.15, 0.2) is 36.4 Å². The highest BCUT2D eigenvalue weighted by atomic mass is 19.2. The van der Waals surface area contributed by atoms with Crippen molar-refractivity contribution in [2.75, 3.05) is 11.9 Å². The predicted octanol–water partition coefficient (Wildman–Crippen LogP) is 2.77. The van der Waals surface area contributed by atoms with E-state index in [1.165, 1.54) is 24.3 Å². The Morgan fingerprint density at radius 2 is 1.87 bits per heavy atom. The SMILES string of the molecule is Cc1ccc(C(=O)OCC(=O)Nc2ccc(F)c(F)c2)cc1O. The molecule has 0 bridgehead atoms. The first kappa shape index (κ1) is 16.4. The minimum atomic E-state index is -1.10. The molecule has 2 aromatic carbocycles. The number of hydrogen-bond donors (Lipinski definition) is 2.